The van der Waals surface area contributed by atoms with Crippen molar-refractivity contribution in [3.63, 3.8) is 0 Å². The van der Waals surface area contributed by atoms with Crippen molar-refractivity contribution in [1.82, 2.24) is 0 Å². The van der Waals surface area contributed by atoms with Crippen LogP contribution in [0.4, 0.5) is 5.69 Å². The summed E-state index contributed by atoms with van der Waals surface area (Å²) in [5, 5.41) is 5.61. The van der Waals surface area contributed by atoms with E-state index in [4.69, 9.17) is 5.73 Å². The predicted octanol–water partition coefficient (Wildman–Crippen LogP) is 2.34. The summed E-state index contributed by atoms with van der Waals surface area (Å²) in [6.07, 6.45) is 0. The summed E-state index contributed by atoms with van der Waals surface area (Å²) in [4.78, 5) is 0. The standard InChI is InChI=1S/C12H14N2/c1-14-12-5-4-10-6-9(8-13)2-3-11(10)7-12/h2-7,14H,8,13H2,1H3. The molecule has 0 bridgehead atoms. The summed E-state index contributed by atoms with van der Waals surface area (Å²) in [5.74, 6) is 0. The Bertz CT molecular complexity index is 406. The molecule has 2 aromatic rings. The van der Waals surface area contributed by atoms with Gasteiger partial charge >= 0.3 is 0 Å². The number of benzene rings is 2. The molecule has 2 nitrogen and oxygen atoms in total. The first-order chi connectivity index (χ1) is 6.83. The van der Waals surface area contributed by atoms with Gasteiger partial charge in [0, 0.05) is 19.3 Å². The lowest BCUT2D eigenvalue weighted by Crippen LogP contribution is -1.95. The van der Waals surface area contributed by atoms with E-state index in [1.165, 1.54) is 16.3 Å². The predicted molar refractivity (Wildman–Crippen MR) is 61.4 cm³/mol. The second-order valence-corrected chi connectivity index (χ2v) is 3.35. The summed E-state index contributed by atoms with van der Waals surface area (Å²) in [6.45, 7) is 0.601. The van der Waals surface area contributed by atoms with Gasteiger partial charge in [0.25, 0.3) is 0 Å². The first-order valence-corrected chi connectivity index (χ1v) is 4.74. The molecule has 0 amide bonds. The summed E-state index contributed by atoms with van der Waals surface area (Å²) < 4.78 is 0. The molecule has 0 radical (unpaired) electrons. The molecule has 0 aromatic heterocycles. The second kappa shape index (κ2) is 3.68. The normalized spacial score (nSPS) is 10.4. The Morgan fingerprint density at radius 2 is 1.79 bits per heavy atom. The number of rotatable bonds is 2. The molecule has 0 saturated heterocycles. The summed E-state index contributed by atoms with van der Waals surface area (Å²) >= 11 is 0. The fraction of sp³-hybridized carbons (Fsp3) is 0.167. The van der Waals surface area contributed by atoms with E-state index in [1.54, 1.807) is 0 Å². The van der Waals surface area contributed by atoms with Crippen molar-refractivity contribution in [3.8, 4) is 0 Å². The van der Waals surface area contributed by atoms with Crippen molar-refractivity contribution in [2.24, 2.45) is 5.73 Å². The van der Waals surface area contributed by atoms with E-state index in [2.05, 4.69) is 41.7 Å². The Kier molecular flexibility index (Phi) is 2.37. The molecular weight excluding hydrogens is 172 g/mol. The van der Waals surface area contributed by atoms with Crippen LogP contribution in [0.5, 0.6) is 0 Å². The Balaban J connectivity index is 2.57. The highest BCUT2D eigenvalue weighted by Gasteiger charge is 1.96. The van der Waals surface area contributed by atoms with Gasteiger partial charge in [-0.2, -0.15) is 0 Å². The van der Waals surface area contributed by atoms with Crippen LogP contribution in [0.25, 0.3) is 10.8 Å². The third-order valence-electron chi connectivity index (χ3n) is 2.43. The van der Waals surface area contributed by atoms with Crippen LogP contribution in [-0.4, -0.2) is 7.05 Å². The molecule has 0 unspecified atom stereocenters. The number of hydrogen-bond acceptors (Lipinski definition) is 2. The first-order valence-electron chi connectivity index (χ1n) is 4.74. The van der Waals surface area contributed by atoms with Gasteiger partial charge in [-0.05, 0) is 34.5 Å². The number of nitrogens with one attached hydrogen (secondary N) is 1. The van der Waals surface area contributed by atoms with Crippen molar-refractivity contribution < 1.29 is 0 Å². The fourth-order valence-corrected chi connectivity index (χ4v) is 1.58. The number of fused-ring (bicyclic) bond motifs is 1. The zero-order valence-electron chi connectivity index (χ0n) is 8.25. The molecule has 0 saturated carbocycles. The quantitative estimate of drug-likeness (QED) is 0.755. The van der Waals surface area contributed by atoms with E-state index in [-0.39, 0.29) is 0 Å². The average molecular weight is 186 g/mol. The summed E-state index contributed by atoms with van der Waals surface area (Å²) in [5.41, 5.74) is 7.90. The maximum absolute atomic E-state index is 5.58. The molecule has 3 N–H and O–H groups in total. The van der Waals surface area contributed by atoms with Gasteiger partial charge in [0.05, 0.1) is 0 Å². The average Bonchev–Trinajstić information content (AvgIpc) is 2.27. The topological polar surface area (TPSA) is 38.0 Å². The molecule has 2 heteroatoms. The van der Waals surface area contributed by atoms with E-state index in [0.717, 1.165) is 5.69 Å². The Hall–Kier alpha value is -1.54. The second-order valence-electron chi connectivity index (χ2n) is 3.35. The van der Waals surface area contributed by atoms with Crippen LogP contribution in [0.2, 0.25) is 0 Å². The Labute approximate surface area is 83.7 Å². The van der Waals surface area contributed by atoms with Gasteiger partial charge in [0.15, 0.2) is 0 Å². The molecule has 2 aromatic carbocycles. The van der Waals surface area contributed by atoms with Crippen LogP contribution in [0.15, 0.2) is 36.4 Å². The highest BCUT2D eigenvalue weighted by molar-refractivity contribution is 5.86. The van der Waals surface area contributed by atoms with Crippen LogP contribution in [-0.2, 0) is 6.54 Å². The summed E-state index contributed by atoms with van der Waals surface area (Å²) in [6, 6.07) is 12.6. The number of hydrogen-bond donors (Lipinski definition) is 2. The molecule has 0 aliphatic heterocycles. The van der Waals surface area contributed by atoms with Gasteiger partial charge in [0.1, 0.15) is 0 Å². The molecule has 0 atom stereocenters. The van der Waals surface area contributed by atoms with E-state index in [1.807, 2.05) is 7.05 Å². The largest absolute Gasteiger partial charge is 0.388 e. The van der Waals surface area contributed by atoms with Gasteiger partial charge in [0.2, 0.25) is 0 Å². The third-order valence-corrected chi connectivity index (χ3v) is 2.43. The first kappa shape index (κ1) is 9.03. The van der Waals surface area contributed by atoms with E-state index in [9.17, 15) is 0 Å². The lowest BCUT2D eigenvalue weighted by molar-refractivity contribution is 1.08. The van der Waals surface area contributed by atoms with Crippen LogP contribution in [0, 0.1) is 0 Å². The molecule has 0 fully saturated rings. The molecule has 72 valence electrons. The third kappa shape index (κ3) is 1.56. The van der Waals surface area contributed by atoms with Crippen molar-refractivity contribution in [2.75, 3.05) is 12.4 Å². The van der Waals surface area contributed by atoms with Crippen LogP contribution < -0.4 is 11.1 Å². The van der Waals surface area contributed by atoms with Gasteiger partial charge in [-0.15, -0.1) is 0 Å². The zero-order valence-corrected chi connectivity index (χ0v) is 8.25. The maximum Gasteiger partial charge on any atom is 0.0343 e. The highest BCUT2D eigenvalue weighted by atomic mass is 14.8. The van der Waals surface area contributed by atoms with Crippen LogP contribution in [0.3, 0.4) is 0 Å². The zero-order chi connectivity index (χ0) is 9.97. The molecule has 14 heavy (non-hydrogen) atoms. The molecular formula is C12H14N2. The maximum atomic E-state index is 5.58. The molecule has 0 aliphatic carbocycles. The fourth-order valence-electron chi connectivity index (χ4n) is 1.58. The van der Waals surface area contributed by atoms with Crippen molar-refractivity contribution >= 4 is 16.5 Å². The smallest absolute Gasteiger partial charge is 0.0343 e. The SMILES string of the molecule is CNc1ccc2cc(CN)ccc2c1. The Morgan fingerprint density at radius 1 is 1.07 bits per heavy atom. The molecule has 0 aliphatic rings. The van der Waals surface area contributed by atoms with Crippen LogP contribution >= 0.6 is 0 Å². The Morgan fingerprint density at radius 3 is 2.50 bits per heavy atom. The van der Waals surface area contributed by atoms with Crippen molar-refractivity contribution in [3.05, 3.63) is 42.0 Å². The van der Waals surface area contributed by atoms with Gasteiger partial charge in [-0.1, -0.05) is 18.2 Å². The van der Waals surface area contributed by atoms with Gasteiger partial charge < -0.3 is 11.1 Å². The highest BCUT2D eigenvalue weighted by Crippen LogP contribution is 2.20. The van der Waals surface area contributed by atoms with Crippen molar-refractivity contribution in [1.29, 1.82) is 0 Å². The van der Waals surface area contributed by atoms with Gasteiger partial charge in [-0.25, -0.2) is 0 Å². The minimum atomic E-state index is 0.601. The lowest BCUT2D eigenvalue weighted by atomic mass is 10.1. The number of nitrogens with two attached hydrogens (primary N) is 1. The molecule has 0 heterocycles. The van der Waals surface area contributed by atoms with Gasteiger partial charge in [-0.3, -0.25) is 0 Å². The minimum absolute atomic E-state index is 0.601. The summed E-state index contributed by atoms with van der Waals surface area (Å²) in [7, 11) is 1.93. The van der Waals surface area contributed by atoms with E-state index in [0.29, 0.717) is 6.54 Å². The minimum Gasteiger partial charge on any atom is -0.388 e. The van der Waals surface area contributed by atoms with Crippen LogP contribution in [0.1, 0.15) is 5.56 Å². The van der Waals surface area contributed by atoms with E-state index < -0.39 is 0 Å². The monoisotopic (exact) mass is 186 g/mol. The number of anilines is 1. The van der Waals surface area contributed by atoms with E-state index >= 15 is 0 Å². The molecule has 0 spiro atoms. The lowest BCUT2D eigenvalue weighted by Gasteiger charge is -2.04. The molecule has 2 rings (SSSR count). The van der Waals surface area contributed by atoms with Crippen molar-refractivity contribution in [2.45, 2.75) is 6.54 Å².